The number of aromatic nitrogens is 2. The van der Waals surface area contributed by atoms with Crippen LogP contribution in [-0.2, 0) is 11.8 Å². The molecule has 1 aliphatic heterocycles. The maximum Gasteiger partial charge on any atom is 0.410 e. The van der Waals surface area contributed by atoms with Crippen molar-refractivity contribution in [2.45, 2.75) is 38.8 Å². The minimum atomic E-state index is -0.463. The van der Waals surface area contributed by atoms with Gasteiger partial charge in [0.05, 0.1) is 6.04 Å². The first-order chi connectivity index (χ1) is 9.37. The summed E-state index contributed by atoms with van der Waals surface area (Å²) in [4.78, 5) is 18.4. The largest absolute Gasteiger partial charge is 0.444 e. The highest BCUT2D eigenvalue weighted by Gasteiger charge is 2.28. The van der Waals surface area contributed by atoms with Gasteiger partial charge in [-0.1, -0.05) is 0 Å². The first kappa shape index (κ1) is 14.8. The molecule has 112 valence electrons. The van der Waals surface area contributed by atoms with Crippen LogP contribution < -0.4 is 5.32 Å². The van der Waals surface area contributed by atoms with Crippen LogP contribution in [0.2, 0.25) is 0 Å². The summed E-state index contributed by atoms with van der Waals surface area (Å²) in [7, 11) is 1.97. The van der Waals surface area contributed by atoms with Gasteiger partial charge in [-0.05, 0) is 33.7 Å². The minimum Gasteiger partial charge on any atom is -0.444 e. The molecule has 0 bridgehead atoms. The molecule has 1 aromatic rings. The van der Waals surface area contributed by atoms with Gasteiger partial charge in [0, 0.05) is 32.5 Å². The third-order valence-corrected chi connectivity index (χ3v) is 3.22. The molecular weight excluding hydrogens is 256 g/mol. The van der Waals surface area contributed by atoms with Crippen molar-refractivity contribution >= 4 is 6.09 Å². The molecule has 1 saturated heterocycles. The maximum atomic E-state index is 12.2. The molecule has 0 radical (unpaired) electrons. The monoisotopic (exact) mass is 280 g/mol. The van der Waals surface area contributed by atoms with Crippen LogP contribution >= 0.6 is 0 Å². The Morgan fingerprint density at radius 3 is 2.85 bits per heavy atom. The van der Waals surface area contributed by atoms with E-state index in [1.165, 1.54) is 0 Å². The average molecular weight is 280 g/mol. The summed E-state index contributed by atoms with van der Waals surface area (Å²) in [5.74, 6) is 0.945. The molecule has 1 amide bonds. The van der Waals surface area contributed by atoms with Gasteiger partial charge in [0.1, 0.15) is 11.4 Å². The molecular formula is C14H24N4O2. The number of rotatable bonds is 1. The fourth-order valence-electron chi connectivity index (χ4n) is 2.30. The standard InChI is InChI=1S/C14H24N4O2/c1-14(2,3)20-13(19)18-8-5-6-15-11(10-18)12-16-7-9-17(12)4/h7,9,11,15H,5-6,8,10H2,1-4H3. The zero-order chi connectivity index (χ0) is 14.8. The quantitative estimate of drug-likeness (QED) is 0.850. The van der Waals surface area contributed by atoms with Crippen molar-refractivity contribution < 1.29 is 9.53 Å². The van der Waals surface area contributed by atoms with Crippen LogP contribution in [0.5, 0.6) is 0 Å². The lowest BCUT2D eigenvalue weighted by Crippen LogP contribution is -2.40. The Morgan fingerprint density at radius 2 is 2.25 bits per heavy atom. The number of hydrogen-bond acceptors (Lipinski definition) is 4. The molecule has 1 aromatic heterocycles. The van der Waals surface area contributed by atoms with Gasteiger partial charge >= 0.3 is 6.09 Å². The number of nitrogens with one attached hydrogen (secondary N) is 1. The van der Waals surface area contributed by atoms with Crippen LogP contribution in [0.3, 0.4) is 0 Å². The van der Waals surface area contributed by atoms with E-state index in [4.69, 9.17) is 4.74 Å². The van der Waals surface area contributed by atoms with Gasteiger partial charge in [-0.2, -0.15) is 0 Å². The van der Waals surface area contributed by atoms with Crippen LogP contribution in [0.25, 0.3) is 0 Å². The molecule has 1 aliphatic rings. The molecule has 0 spiro atoms. The lowest BCUT2D eigenvalue weighted by molar-refractivity contribution is 0.0245. The van der Waals surface area contributed by atoms with Crippen molar-refractivity contribution in [3.8, 4) is 0 Å². The summed E-state index contributed by atoms with van der Waals surface area (Å²) >= 11 is 0. The number of carbonyl (C=O) groups is 1. The van der Waals surface area contributed by atoms with E-state index in [9.17, 15) is 4.79 Å². The summed E-state index contributed by atoms with van der Waals surface area (Å²) in [5.41, 5.74) is -0.463. The first-order valence-corrected chi connectivity index (χ1v) is 7.05. The van der Waals surface area contributed by atoms with E-state index in [1.54, 1.807) is 11.1 Å². The van der Waals surface area contributed by atoms with E-state index >= 15 is 0 Å². The summed E-state index contributed by atoms with van der Waals surface area (Å²) in [5, 5.41) is 3.44. The Kier molecular flexibility index (Phi) is 4.32. The minimum absolute atomic E-state index is 0.0463. The maximum absolute atomic E-state index is 12.2. The summed E-state index contributed by atoms with van der Waals surface area (Å²) in [6.07, 6.45) is 4.36. The predicted molar refractivity (Wildman–Crippen MR) is 76.4 cm³/mol. The van der Waals surface area contributed by atoms with Crippen LogP contribution in [0, 0.1) is 0 Å². The third-order valence-electron chi connectivity index (χ3n) is 3.22. The number of amides is 1. The van der Waals surface area contributed by atoms with Gasteiger partial charge in [0.15, 0.2) is 0 Å². The molecule has 1 unspecified atom stereocenters. The van der Waals surface area contributed by atoms with Crippen molar-refractivity contribution in [3.63, 3.8) is 0 Å². The highest BCUT2D eigenvalue weighted by Crippen LogP contribution is 2.17. The fraction of sp³-hybridized carbons (Fsp3) is 0.714. The smallest absolute Gasteiger partial charge is 0.410 e. The Balaban J connectivity index is 2.07. The molecule has 0 aliphatic carbocycles. The predicted octanol–water partition coefficient (Wildman–Crippen LogP) is 1.69. The van der Waals surface area contributed by atoms with E-state index < -0.39 is 5.60 Å². The number of aryl methyl sites for hydroxylation is 1. The van der Waals surface area contributed by atoms with Gasteiger partial charge < -0.3 is 19.5 Å². The lowest BCUT2D eigenvalue weighted by Gasteiger charge is -2.28. The molecule has 0 aromatic carbocycles. The number of carbonyl (C=O) groups excluding carboxylic acids is 1. The highest BCUT2D eigenvalue weighted by molar-refractivity contribution is 5.68. The molecule has 1 fully saturated rings. The van der Waals surface area contributed by atoms with Crippen LogP contribution in [0.1, 0.15) is 39.1 Å². The molecule has 20 heavy (non-hydrogen) atoms. The van der Waals surface area contributed by atoms with Gasteiger partial charge in [0.25, 0.3) is 0 Å². The fourth-order valence-corrected chi connectivity index (χ4v) is 2.30. The van der Waals surface area contributed by atoms with Gasteiger partial charge in [-0.15, -0.1) is 0 Å². The van der Waals surface area contributed by atoms with E-state index in [0.717, 1.165) is 18.8 Å². The van der Waals surface area contributed by atoms with E-state index in [2.05, 4.69) is 10.3 Å². The van der Waals surface area contributed by atoms with Crippen molar-refractivity contribution in [3.05, 3.63) is 18.2 Å². The topological polar surface area (TPSA) is 59.4 Å². The molecule has 1 N–H and O–H groups in total. The second-order valence-corrected chi connectivity index (χ2v) is 6.18. The van der Waals surface area contributed by atoms with Crippen molar-refractivity contribution in [1.82, 2.24) is 19.8 Å². The van der Waals surface area contributed by atoms with Crippen molar-refractivity contribution in [2.75, 3.05) is 19.6 Å². The Hall–Kier alpha value is -1.56. The Morgan fingerprint density at radius 1 is 1.50 bits per heavy atom. The number of imidazole rings is 1. The van der Waals surface area contributed by atoms with Crippen molar-refractivity contribution in [1.29, 1.82) is 0 Å². The molecule has 2 heterocycles. The van der Waals surface area contributed by atoms with Gasteiger partial charge in [-0.3, -0.25) is 0 Å². The third kappa shape index (κ3) is 3.72. The van der Waals surface area contributed by atoms with E-state index in [1.807, 2.05) is 38.6 Å². The molecule has 2 rings (SSSR count). The number of hydrogen-bond donors (Lipinski definition) is 1. The average Bonchev–Trinajstić information content (AvgIpc) is 2.62. The van der Waals surface area contributed by atoms with Crippen LogP contribution in [0.15, 0.2) is 12.4 Å². The summed E-state index contributed by atoms with van der Waals surface area (Å²) in [6, 6.07) is 0.0463. The number of nitrogens with zero attached hydrogens (tertiary/aromatic N) is 3. The lowest BCUT2D eigenvalue weighted by atomic mass is 10.2. The van der Waals surface area contributed by atoms with Gasteiger partial charge in [0.2, 0.25) is 0 Å². The summed E-state index contributed by atoms with van der Waals surface area (Å²) < 4.78 is 7.44. The second-order valence-electron chi connectivity index (χ2n) is 6.18. The first-order valence-electron chi connectivity index (χ1n) is 7.05. The normalized spacial score (nSPS) is 20.6. The SMILES string of the molecule is Cn1ccnc1C1CN(C(=O)OC(C)(C)C)CCCN1. The second kappa shape index (κ2) is 5.83. The number of ether oxygens (including phenoxy) is 1. The zero-order valence-electron chi connectivity index (χ0n) is 12.7. The molecule has 0 saturated carbocycles. The highest BCUT2D eigenvalue weighted by atomic mass is 16.6. The van der Waals surface area contributed by atoms with Gasteiger partial charge in [-0.25, -0.2) is 9.78 Å². The summed E-state index contributed by atoms with van der Waals surface area (Å²) in [6.45, 7) is 7.82. The van der Waals surface area contributed by atoms with Crippen LogP contribution in [-0.4, -0.2) is 45.8 Å². The molecule has 6 nitrogen and oxygen atoms in total. The zero-order valence-corrected chi connectivity index (χ0v) is 12.7. The Bertz CT molecular complexity index is 464. The van der Waals surface area contributed by atoms with E-state index in [-0.39, 0.29) is 12.1 Å². The molecule has 6 heteroatoms. The van der Waals surface area contributed by atoms with Crippen molar-refractivity contribution in [2.24, 2.45) is 7.05 Å². The Labute approximate surface area is 120 Å². The molecule has 1 atom stereocenters. The van der Waals surface area contributed by atoms with Crippen LogP contribution in [0.4, 0.5) is 4.79 Å². The van der Waals surface area contributed by atoms with E-state index in [0.29, 0.717) is 13.1 Å².